The van der Waals surface area contributed by atoms with Gasteiger partial charge in [-0.05, 0) is 24.3 Å². The van der Waals surface area contributed by atoms with Crippen LogP contribution in [0.2, 0.25) is 0 Å². The molecule has 3 aromatic rings. The highest BCUT2D eigenvalue weighted by Gasteiger charge is 1.92. The lowest BCUT2D eigenvalue weighted by molar-refractivity contribution is 0.393. The van der Waals surface area contributed by atoms with Crippen molar-refractivity contribution in [3.63, 3.8) is 0 Å². The van der Waals surface area contributed by atoms with Crippen LogP contribution in [0.3, 0.4) is 0 Å². The summed E-state index contributed by atoms with van der Waals surface area (Å²) >= 11 is 0. The third kappa shape index (κ3) is 4.09. The summed E-state index contributed by atoms with van der Waals surface area (Å²) in [5.74, 6) is 1.74. The summed E-state index contributed by atoms with van der Waals surface area (Å²) in [5.41, 5.74) is 0. The van der Waals surface area contributed by atoms with Crippen molar-refractivity contribution in [2.24, 2.45) is 0 Å². The summed E-state index contributed by atoms with van der Waals surface area (Å²) in [6, 6.07) is 19.5. The lowest BCUT2D eigenvalue weighted by Crippen LogP contribution is -1.81. The maximum absolute atomic E-state index is 5.58. The Bertz CT molecular complexity index is 470. The Morgan fingerprint density at radius 2 is 1.33 bits per heavy atom. The van der Waals surface area contributed by atoms with Crippen LogP contribution in [0, 0.1) is 0 Å². The zero-order valence-corrected chi connectivity index (χ0v) is 9.64. The molecule has 0 aliphatic heterocycles. The highest BCUT2D eigenvalue weighted by molar-refractivity contribution is 5.30. The van der Waals surface area contributed by atoms with Gasteiger partial charge in [0.15, 0.2) is 0 Å². The van der Waals surface area contributed by atoms with Crippen LogP contribution in [-0.2, 0) is 0 Å². The van der Waals surface area contributed by atoms with Crippen molar-refractivity contribution < 1.29 is 9.26 Å². The molecule has 0 saturated heterocycles. The molecular weight excluding hydrogens is 228 g/mol. The number of aromatic nitrogens is 2. The quantitative estimate of drug-likeness (QED) is 0.687. The average molecular weight is 240 g/mol. The van der Waals surface area contributed by atoms with Gasteiger partial charge in [0.05, 0.1) is 6.20 Å². The predicted octanol–water partition coefficient (Wildman–Crippen LogP) is 3.55. The molecule has 0 unspecified atom stereocenters. The second-order valence-corrected chi connectivity index (χ2v) is 3.32. The van der Waals surface area contributed by atoms with Crippen LogP contribution < -0.4 is 4.74 Å². The van der Waals surface area contributed by atoms with Gasteiger partial charge in [0.25, 0.3) is 0 Å². The second-order valence-electron chi connectivity index (χ2n) is 3.32. The van der Waals surface area contributed by atoms with Crippen LogP contribution in [0.4, 0.5) is 0 Å². The number of nitrogens with zero attached hydrogens (tertiary/aromatic N) is 2. The molecule has 0 aliphatic rings. The molecule has 0 aliphatic carbocycles. The number of hydrogen-bond acceptors (Lipinski definition) is 4. The van der Waals surface area contributed by atoms with E-state index < -0.39 is 0 Å². The third-order valence-electron chi connectivity index (χ3n) is 2.00. The lowest BCUT2D eigenvalue weighted by Gasteiger charge is -2.03. The largest absolute Gasteiger partial charge is 0.457 e. The third-order valence-corrected chi connectivity index (χ3v) is 2.00. The van der Waals surface area contributed by atoms with Crippen LogP contribution >= 0.6 is 0 Å². The summed E-state index contributed by atoms with van der Waals surface area (Å²) in [7, 11) is 0. The molecule has 0 radical (unpaired) electrons. The lowest BCUT2D eigenvalue weighted by atomic mass is 10.3. The van der Waals surface area contributed by atoms with Crippen LogP contribution in [0.1, 0.15) is 0 Å². The van der Waals surface area contributed by atoms with Gasteiger partial charge in [-0.1, -0.05) is 36.4 Å². The van der Waals surface area contributed by atoms with E-state index in [4.69, 9.17) is 4.74 Å². The number of hydrogen-bond donors (Lipinski definition) is 0. The van der Waals surface area contributed by atoms with Crippen molar-refractivity contribution in [1.82, 2.24) is 10.4 Å². The van der Waals surface area contributed by atoms with Gasteiger partial charge >= 0.3 is 0 Å². The predicted molar refractivity (Wildman–Crippen MR) is 67.3 cm³/mol. The Kier molecular flexibility index (Phi) is 4.51. The topological polar surface area (TPSA) is 48.2 Å². The van der Waals surface area contributed by atoms with E-state index in [-0.39, 0.29) is 0 Å². The van der Waals surface area contributed by atoms with Gasteiger partial charge in [-0.25, -0.2) is 0 Å². The maximum atomic E-state index is 5.58. The molecule has 0 amide bonds. The first-order valence-electron chi connectivity index (χ1n) is 5.44. The fraction of sp³-hybridized carbons (Fsp3) is 0. The van der Waals surface area contributed by atoms with Crippen molar-refractivity contribution in [3.8, 4) is 11.5 Å². The summed E-state index contributed by atoms with van der Waals surface area (Å²) in [6.45, 7) is 0. The molecule has 1 aromatic heterocycles. The molecule has 0 fully saturated rings. The van der Waals surface area contributed by atoms with Crippen molar-refractivity contribution >= 4 is 0 Å². The first kappa shape index (κ1) is 11.9. The molecule has 1 heterocycles. The monoisotopic (exact) mass is 240 g/mol. The van der Waals surface area contributed by atoms with E-state index in [0.717, 1.165) is 11.5 Å². The number of rotatable bonds is 2. The summed E-state index contributed by atoms with van der Waals surface area (Å²) < 4.78 is 9.80. The molecule has 0 N–H and O–H groups in total. The van der Waals surface area contributed by atoms with Gasteiger partial charge in [0, 0.05) is 5.27 Å². The van der Waals surface area contributed by atoms with E-state index in [0.29, 0.717) is 0 Å². The molecule has 0 atom stereocenters. The molecule has 0 bridgehead atoms. The van der Waals surface area contributed by atoms with E-state index in [1.165, 1.54) is 12.5 Å². The zero-order chi connectivity index (χ0) is 12.5. The molecule has 0 spiro atoms. The van der Waals surface area contributed by atoms with Crippen LogP contribution in [0.15, 0.2) is 77.6 Å². The second kappa shape index (κ2) is 6.85. The highest BCUT2D eigenvalue weighted by Crippen LogP contribution is 2.19. The van der Waals surface area contributed by atoms with Crippen molar-refractivity contribution in [2.45, 2.75) is 0 Å². The van der Waals surface area contributed by atoms with E-state index in [9.17, 15) is 0 Å². The first-order chi connectivity index (χ1) is 8.95. The standard InChI is InChI=1S/C12H10O.C2H2N2O/c1-3-7-11(8-4-1)13-12-9-5-2-6-10-12;1-2-5-4-3-1/h1-10H;1-2H. The summed E-state index contributed by atoms with van der Waals surface area (Å²) in [6.07, 6.45) is 2.88. The Morgan fingerprint density at radius 1 is 0.778 bits per heavy atom. The van der Waals surface area contributed by atoms with Crippen molar-refractivity contribution in [1.29, 1.82) is 0 Å². The molecule has 18 heavy (non-hydrogen) atoms. The Balaban J connectivity index is 0.000000202. The molecule has 4 heteroatoms. The molecule has 4 nitrogen and oxygen atoms in total. The van der Waals surface area contributed by atoms with E-state index in [2.05, 4.69) is 14.9 Å². The van der Waals surface area contributed by atoms with Gasteiger partial charge in [0.1, 0.15) is 17.8 Å². The fourth-order valence-electron chi connectivity index (χ4n) is 1.25. The SMILES string of the molecule is c1ccc(Oc2ccccc2)cc1.c1conn1. The molecule has 0 saturated carbocycles. The minimum absolute atomic E-state index is 0.869. The maximum Gasteiger partial charge on any atom is 0.144 e. The van der Waals surface area contributed by atoms with Gasteiger partial charge in [-0.3, -0.25) is 0 Å². The summed E-state index contributed by atoms with van der Waals surface area (Å²) in [5, 5.41) is 6.40. The van der Waals surface area contributed by atoms with Crippen molar-refractivity contribution in [2.75, 3.05) is 0 Å². The highest BCUT2D eigenvalue weighted by atomic mass is 16.5. The van der Waals surface area contributed by atoms with Gasteiger partial charge in [-0.15, -0.1) is 5.10 Å². The Hall–Kier alpha value is -2.62. The normalized spacial score (nSPS) is 9.11. The molecule has 90 valence electrons. The number of para-hydroxylation sites is 2. The first-order valence-corrected chi connectivity index (χ1v) is 5.44. The molecule has 3 rings (SSSR count). The summed E-state index contributed by atoms with van der Waals surface area (Å²) in [4.78, 5) is 0. The van der Waals surface area contributed by atoms with Crippen LogP contribution in [0.5, 0.6) is 11.5 Å². The van der Waals surface area contributed by atoms with E-state index in [1.807, 2.05) is 60.7 Å². The fourth-order valence-corrected chi connectivity index (χ4v) is 1.25. The smallest absolute Gasteiger partial charge is 0.144 e. The van der Waals surface area contributed by atoms with E-state index in [1.54, 1.807) is 0 Å². The average Bonchev–Trinajstić information content (AvgIpc) is 3.00. The minimum atomic E-state index is 0.869. The number of benzene rings is 2. The van der Waals surface area contributed by atoms with Gasteiger partial charge in [0.2, 0.25) is 0 Å². The van der Waals surface area contributed by atoms with Gasteiger partial charge < -0.3 is 9.26 Å². The van der Waals surface area contributed by atoms with Crippen molar-refractivity contribution in [3.05, 3.63) is 73.1 Å². The molecule has 2 aromatic carbocycles. The van der Waals surface area contributed by atoms with Gasteiger partial charge in [-0.2, -0.15) is 0 Å². The Morgan fingerprint density at radius 3 is 1.67 bits per heavy atom. The zero-order valence-electron chi connectivity index (χ0n) is 9.64. The number of ether oxygens (including phenoxy) is 1. The Labute approximate surface area is 105 Å². The van der Waals surface area contributed by atoms with E-state index >= 15 is 0 Å². The molecular formula is C14H12N2O2. The minimum Gasteiger partial charge on any atom is -0.457 e. The van der Waals surface area contributed by atoms with Crippen LogP contribution in [0.25, 0.3) is 0 Å². The van der Waals surface area contributed by atoms with Crippen LogP contribution in [-0.4, -0.2) is 10.4 Å².